The molecule has 0 atom stereocenters. The average molecular weight is 397 g/mol. The Morgan fingerprint density at radius 1 is 1.04 bits per heavy atom. The summed E-state index contributed by atoms with van der Waals surface area (Å²) in [7, 11) is 3.81. The Hall–Kier alpha value is -1.79. The Balaban J connectivity index is 2.27. The largest absolute Gasteiger partial charge is 0.333 e. The molecule has 3 nitrogen and oxygen atoms in total. The summed E-state index contributed by atoms with van der Waals surface area (Å²) in [6, 6.07) is 10.1. The van der Waals surface area contributed by atoms with Crippen LogP contribution in [0.25, 0.3) is 0 Å². The van der Waals surface area contributed by atoms with Crippen LogP contribution in [0.4, 0.5) is 8.78 Å². The van der Waals surface area contributed by atoms with Gasteiger partial charge < -0.3 is 9.80 Å². The first kappa shape index (κ1) is 18.5. The van der Waals surface area contributed by atoms with Crippen molar-refractivity contribution in [1.29, 1.82) is 0 Å². The zero-order valence-electron chi connectivity index (χ0n) is 13.6. The van der Waals surface area contributed by atoms with Crippen molar-refractivity contribution >= 4 is 21.8 Å². The van der Waals surface area contributed by atoms with Crippen LogP contribution < -0.4 is 0 Å². The third-order valence-electron chi connectivity index (χ3n) is 3.53. The number of rotatable bonds is 6. The molecule has 0 unspecified atom stereocenters. The zero-order valence-corrected chi connectivity index (χ0v) is 15.2. The minimum atomic E-state index is -0.472. The average Bonchev–Trinajstić information content (AvgIpc) is 2.53. The van der Waals surface area contributed by atoms with E-state index in [-0.39, 0.29) is 23.8 Å². The highest BCUT2D eigenvalue weighted by Crippen LogP contribution is 2.21. The second-order valence-corrected chi connectivity index (χ2v) is 6.64. The predicted molar refractivity (Wildman–Crippen MR) is 93.8 cm³/mol. The Bertz CT molecular complexity index is 722. The minimum absolute atomic E-state index is 0.255. The molecule has 0 radical (unpaired) electrons. The summed E-state index contributed by atoms with van der Waals surface area (Å²) in [6.07, 6.45) is 0. The lowest BCUT2D eigenvalue weighted by molar-refractivity contribution is 0.0730. The maximum absolute atomic E-state index is 13.5. The van der Waals surface area contributed by atoms with Gasteiger partial charge in [0.05, 0.1) is 5.56 Å². The van der Waals surface area contributed by atoms with Gasteiger partial charge >= 0.3 is 0 Å². The van der Waals surface area contributed by atoms with Crippen molar-refractivity contribution in [2.75, 3.05) is 27.2 Å². The number of nitrogens with zero attached hydrogens (tertiary/aromatic N) is 2. The molecule has 0 N–H and O–H groups in total. The van der Waals surface area contributed by atoms with Gasteiger partial charge in [0, 0.05) is 24.1 Å². The topological polar surface area (TPSA) is 23.6 Å². The summed E-state index contributed by atoms with van der Waals surface area (Å²) in [5, 5.41) is 0. The van der Waals surface area contributed by atoms with E-state index >= 15 is 0 Å². The molecule has 24 heavy (non-hydrogen) atoms. The van der Waals surface area contributed by atoms with E-state index in [1.54, 1.807) is 17.0 Å². The number of halogens is 3. The number of benzene rings is 2. The van der Waals surface area contributed by atoms with Crippen LogP contribution in [0.5, 0.6) is 0 Å². The van der Waals surface area contributed by atoms with Crippen LogP contribution in [0.3, 0.4) is 0 Å². The van der Waals surface area contributed by atoms with Gasteiger partial charge in [-0.15, -0.1) is 0 Å². The second-order valence-electron chi connectivity index (χ2n) is 5.78. The number of carbonyl (C=O) groups is 1. The number of carbonyl (C=O) groups excluding carboxylic acids is 1. The van der Waals surface area contributed by atoms with Crippen LogP contribution in [0.1, 0.15) is 15.9 Å². The highest BCUT2D eigenvalue weighted by Gasteiger charge is 2.19. The van der Waals surface area contributed by atoms with Gasteiger partial charge in [0.1, 0.15) is 11.6 Å². The Morgan fingerprint density at radius 2 is 1.75 bits per heavy atom. The van der Waals surface area contributed by atoms with Crippen molar-refractivity contribution in [3.8, 4) is 0 Å². The SMILES string of the molecule is CN(C)CCN(Cc1cccc(F)c1)C(=O)c1cc(F)ccc1Br. The van der Waals surface area contributed by atoms with Gasteiger partial charge in [-0.25, -0.2) is 8.78 Å². The fourth-order valence-electron chi connectivity index (χ4n) is 2.26. The molecule has 0 saturated heterocycles. The lowest BCUT2D eigenvalue weighted by Gasteiger charge is -2.25. The third kappa shape index (κ3) is 5.11. The van der Waals surface area contributed by atoms with Gasteiger partial charge in [0.2, 0.25) is 0 Å². The van der Waals surface area contributed by atoms with Crippen molar-refractivity contribution in [2.24, 2.45) is 0 Å². The van der Waals surface area contributed by atoms with E-state index in [1.165, 1.54) is 30.3 Å². The van der Waals surface area contributed by atoms with Crippen molar-refractivity contribution in [1.82, 2.24) is 9.80 Å². The zero-order chi connectivity index (χ0) is 17.7. The molecular formula is C18H19BrF2N2O. The molecule has 0 aliphatic rings. The van der Waals surface area contributed by atoms with E-state index in [0.717, 1.165) is 0 Å². The highest BCUT2D eigenvalue weighted by atomic mass is 79.9. The van der Waals surface area contributed by atoms with E-state index in [4.69, 9.17) is 0 Å². The molecule has 0 aliphatic carbocycles. The van der Waals surface area contributed by atoms with Crippen molar-refractivity contribution in [3.63, 3.8) is 0 Å². The number of hydrogen-bond donors (Lipinski definition) is 0. The van der Waals surface area contributed by atoms with Gasteiger partial charge in [-0.3, -0.25) is 4.79 Å². The number of amides is 1. The molecule has 1 amide bonds. The Labute approximate surface area is 149 Å². The molecule has 0 spiro atoms. The van der Waals surface area contributed by atoms with Crippen molar-refractivity contribution in [3.05, 3.63) is 69.7 Å². The summed E-state index contributed by atoms with van der Waals surface area (Å²) >= 11 is 3.29. The first-order valence-electron chi connectivity index (χ1n) is 7.50. The summed E-state index contributed by atoms with van der Waals surface area (Å²) in [5.74, 6) is -1.12. The molecule has 0 fully saturated rings. The summed E-state index contributed by atoms with van der Waals surface area (Å²) in [4.78, 5) is 16.4. The molecule has 128 valence electrons. The van der Waals surface area contributed by atoms with Crippen LogP contribution in [0, 0.1) is 11.6 Å². The molecular weight excluding hydrogens is 378 g/mol. The van der Waals surface area contributed by atoms with Crippen LogP contribution in [0.2, 0.25) is 0 Å². The van der Waals surface area contributed by atoms with Gasteiger partial charge in [0.25, 0.3) is 5.91 Å². The van der Waals surface area contributed by atoms with Crippen LogP contribution in [-0.2, 0) is 6.54 Å². The van der Waals surface area contributed by atoms with E-state index in [1.807, 2.05) is 19.0 Å². The third-order valence-corrected chi connectivity index (χ3v) is 4.22. The van der Waals surface area contributed by atoms with E-state index in [9.17, 15) is 13.6 Å². The van der Waals surface area contributed by atoms with Gasteiger partial charge in [0.15, 0.2) is 0 Å². The van der Waals surface area contributed by atoms with E-state index in [0.29, 0.717) is 23.1 Å². The van der Waals surface area contributed by atoms with Gasteiger partial charge in [-0.2, -0.15) is 0 Å². The molecule has 2 aromatic rings. The molecule has 2 rings (SSSR count). The molecule has 0 aliphatic heterocycles. The molecule has 0 saturated carbocycles. The standard InChI is InChI=1S/C18H19BrF2N2O/c1-22(2)8-9-23(12-13-4-3-5-14(20)10-13)18(24)16-11-15(21)6-7-17(16)19/h3-7,10-11H,8-9,12H2,1-2H3. The molecule has 6 heteroatoms. The maximum atomic E-state index is 13.5. The first-order valence-corrected chi connectivity index (χ1v) is 8.29. The monoisotopic (exact) mass is 396 g/mol. The highest BCUT2D eigenvalue weighted by molar-refractivity contribution is 9.10. The van der Waals surface area contributed by atoms with Crippen molar-refractivity contribution < 1.29 is 13.6 Å². The van der Waals surface area contributed by atoms with Gasteiger partial charge in [-0.1, -0.05) is 12.1 Å². The fourth-order valence-corrected chi connectivity index (χ4v) is 2.68. The number of hydrogen-bond acceptors (Lipinski definition) is 2. The molecule has 0 heterocycles. The maximum Gasteiger partial charge on any atom is 0.255 e. The summed E-state index contributed by atoms with van der Waals surface area (Å²) in [5.41, 5.74) is 0.944. The Morgan fingerprint density at radius 3 is 2.42 bits per heavy atom. The number of likely N-dealkylation sites (N-methyl/N-ethyl adjacent to an activating group) is 1. The Kier molecular flexibility index (Phi) is 6.45. The lowest BCUT2D eigenvalue weighted by atomic mass is 10.1. The lowest BCUT2D eigenvalue weighted by Crippen LogP contribution is -2.36. The van der Waals surface area contributed by atoms with E-state index in [2.05, 4.69) is 15.9 Å². The van der Waals surface area contributed by atoms with E-state index < -0.39 is 5.82 Å². The van der Waals surface area contributed by atoms with Gasteiger partial charge in [-0.05, 0) is 65.9 Å². The fraction of sp³-hybridized carbons (Fsp3) is 0.278. The molecule has 2 aromatic carbocycles. The predicted octanol–water partition coefficient (Wildman–Crippen LogP) is 3.93. The first-order chi connectivity index (χ1) is 11.4. The quantitative estimate of drug-likeness (QED) is 0.738. The smallest absolute Gasteiger partial charge is 0.255 e. The summed E-state index contributed by atoms with van der Waals surface area (Å²) < 4.78 is 27.4. The molecule has 0 aromatic heterocycles. The minimum Gasteiger partial charge on any atom is -0.333 e. The normalized spacial score (nSPS) is 10.9. The van der Waals surface area contributed by atoms with Crippen LogP contribution >= 0.6 is 15.9 Å². The van der Waals surface area contributed by atoms with Crippen LogP contribution in [-0.4, -0.2) is 42.9 Å². The van der Waals surface area contributed by atoms with Crippen LogP contribution in [0.15, 0.2) is 46.9 Å². The second kappa shape index (κ2) is 8.35. The van der Waals surface area contributed by atoms with Crippen molar-refractivity contribution in [2.45, 2.75) is 6.54 Å². The summed E-state index contributed by atoms with van der Waals surface area (Å²) in [6.45, 7) is 1.35. The molecule has 0 bridgehead atoms.